The summed E-state index contributed by atoms with van der Waals surface area (Å²) in [6.07, 6.45) is 4.29. The number of pyridine rings is 1. The maximum Gasteiger partial charge on any atom is 0.337 e. The van der Waals surface area contributed by atoms with Crippen molar-refractivity contribution >= 4 is 5.97 Å². The Bertz CT molecular complexity index is 705. The molecule has 1 aromatic heterocycles. The summed E-state index contributed by atoms with van der Waals surface area (Å²) in [5.41, 5.74) is 1.33. The Kier molecular flexibility index (Phi) is 3.60. The van der Waals surface area contributed by atoms with Crippen LogP contribution in [0.3, 0.4) is 0 Å². The van der Waals surface area contributed by atoms with Crippen molar-refractivity contribution in [2.45, 2.75) is 31.2 Å². The number of carboxylic acid groups (broad SMARTS) is 1. The number of nitrogens with zero attached hydrogens (tertiary/aromatic N) is 1. The monoisotopic (exact) mass is 283 g/mol. The van der Waals surface area contributed by atoms with Crippen LogP contribution in [-0.2, 0) is 0 Å². The first-order valence-electron chi connectivity index (χ1n) is 7.15. The number of hydrogen-bond acceptors (Lipinski definition) is 2. The molecule has 0 spiro atoms. The fraction of sp³-hybridized carbons (Fsp3) is 0.294. The van der Waals surface area contributed by atoms with Crippen molar-refractivity contribution in [3.05, 3.63) is 70.1 Å². The summed E-state index contributed by atoms with van der Waals surface area (Å²) in [7, 11) is 0. The first kappa shape index (κ1) is 13.6. The maximum absolute atomic E-state index is 12.0. The summed E-state index contributed by atoms with van der Waals surface area (Å²) in [4.78, 5) is 23.0. The van der Waals surface area contributed by atoms with E-state index in [-0.39, 0.29) is 17.2 Å². The van der Waals surface area contributed by atoms with Crippen LogP contribution in [0.5, 0.6) is 0 Å². The highest BCUT2D eigenvalue weighted by Gasteiger charge is 2.27. The molecule has 1 fully saturated rings. The van der Waals surface area contributed by atoms with Gasteiger partial charge in [-0.25, -0.2) is 4.79 Å². The van der Waals surface area contributed by atoms with E-state index in [9.17, 15) is 9.59 Å². The third-order valence-electron chi connectivity index (χ3n) is 4.25. The number of rotatable bonds is 3. The van der Waals surface area contributed by atoms with Crippen molar-refractivity contribution in [3.8, 4) is 0 Å². The molecule has 108 valence electrons. The molecule has 1 saturated carbocycles. The van der Waals surface area contributed by atoms with Crippen molar-refractivity contribution in [3.63, 3.8) is 0 Å². The second kappa shape index (κ2) is 5.56. The topological polar surface area (TPSA) is 59.3 Å². The molecule has 1 aliphatic rings. The normalized spacial score (nSPS) is 21.3. The third kappa shape index (κ3) is 2.75. The fourth-order valence-corrected chi connectivity index (χ4v) is 3.15. The van der Waals surface area contributed by atoms with Gasteiger partial charge in [-0.3, -0.25) is 4.79 Å². The van der Waals surface area contributed by atoms with Gasteiger partial charge in [0.15, 0.2) is 0 Å². The zero-order valence-corrected chi connectivity index (χ0v) is 11.6. The molecule has 2 atom stereocenters. The number of carboxylic acids is 1. The molecule has 4 nitrogen and oxygen atoms in total. The van der Waals surface area contributed by atoms with E-state index in [0.717, 1.165) is 19.3 Å². The van der Waals surface area contributed by atoms with Gasteiger partial charge >= 0.3 is 5.97 Å². The summed E-state index contributed by atoms with van der Waals surface area (Å²) >= 11 is 0. The Morgan fingerprint density at radius 2 is 1.86 bits per heavy atom. The zero-order valence-electron chi connectivity index (χ0n) is 11.6. The highest BCUT2D eigenvalue weighted by Crippen LogP contribution is 2.40. The molecule has 4 heteroatoms. The van der Waals surface area contributed by atoms with Gasteiger partial charge in [-0.2, -0.15) is 0 Å². The molecule has 1 N–H and O–H groups in total. The molecular weight excluding hydrogens is 266 g/mol. The van der Waals surface area contributed by atoms with Crippen LogP contribution in [-0.4, -0.2) is 15.6 Å². The first-order chi connectivity index (χ1) is 10.1. The molecule has 0 radical (unpaired) electrons. The molecule has 1 aliphatic carbocycles. The number of benzene rings is 1. The average molecular weight is 283 g/mol. The zero-order chi connectivity index (χ0) is 14.8. The second-order valence-corrected chi connectivity index (χ2v) is 5.54. The van der Waals surface area contributed by atoms with Gasteiger partial charge in [0, 0.05) is 18.3 Å². The van der Waals surface area contributed by atoms with E-state index < -0.39 is 5.97 Å². The lowest BCUT2D eigenvalue weighted by Gasteiger charge is -2.15. The van der Waals surface area contributed by atoms with Gasteiger partial charge < -0.3 is 9.67 Å². The summed E-state index contributed by atoms with van der Waals surface area (Å²) < 4.78 is 1.59. The Balaban J connectivity index is 1.85. The molecule has 1 heterocycles. The molecule has 0 bridgehead atoms. The highest BCUT2D eigenvalue weighted by molar-refractivity contribution is 5.87. The summed E-state index contributed by atoms with van der Waals surface area (Å²) in [5, 5.41) is 9.06. The maximum atomic E-state index is 12.0. The van der Waals surface area contributed by atoms with Crippen LogP contribution < -0.4 is 5.56 Å². The van der Waals surface area contributed by atoms with Crippen molar-refractivity contribution in [2.24, 2.45) is 0 Å². The third-order valence-corrected chi connectivity index (χ3v) is 4.25. The van der Waals surface area contributed by atoms with Gasteiger partial charge in [0.05, 0.1) is 5.56 Å². The summed E-state index contributed by atoms with van der Waals surface area (Å²) in [6, 6.07) is 13.1. The van der Waals surface area contributed by atoms with Crippen LogP contribution >= 0.6 is 0 Å². The molecule has 21 heavy (non-hydrogen) atoms. The van der Waals surface area contributed by atoms with Crippen LogP contribution in [0, 0.1) is 0 Å². The van der Waals surface area contributed by atoms with E-state index in [2.05, 4.69) is 12.1 Å². The van der Waals surface area contributed by atoms with Crippen LogP contribution in [0.2, 0.25) is 0 Å². The predicted molar refractivity (Wildman–Crippen MR) is 79.7 cm³/mol. The molecule has 1 aromatic carbocycles. The minimum absolute atomic E-state index is 0.0852. The number of aromatic carboxylic acids is 1. The average Bonchev–Trinajstić information content (AvgIpc) is 2.98. The van der Waals surface area contributed by atoms with E-state index >= 15 is 0 Å². The molecule has 0 aliphatic heterocycles. The van der Waals surface area contributed by atoms with Crippen molar-refractivity contribution in [1.29, 1.82) is 0 Å². The van der Waals surface area contributed by atoms with Gasteiger partial charge in [0.1, 0.15) is 0 Å². The first-order valence-corrected chi connectivity index (χ1v) is 7.15. The van der Waals surface area contributed by atoms with Crippen LogP contribution in [0.1, 0.15) is 47.1 Å². The standard InChI is InChI=1S/C17H17NO3/c19-16-9-7-14(17(20)21)11-18(16)15-8-6-13(10-15)12-4-2-1-3-5-12/h1-5,7,9,11,13,15H,6,8,10H2,(H,20,21)/t13-,15+/m0/s1. The Morgan fingerprint density at radius 3 is 2.57 bits per heavy atom. The molecular formula is C17H17NO3. The van der Waals surface area contributed by atoms with Crippen molar-refractivity contribution < 1.29 is 9.90 Å². The SMILES string of the molecule is O=C(O)c1ccc(=O)n([C@@H]2CC[C@H](c3ccccc3)C2)c1. The van der Waals surface area contributed by atoms with Gasteiger partial charge in [-0.1, -0.05) is 30.3 Å². The minimum Gasteiger partial charge on any atom is -0.478 e. The smallest absolute Gasteiger partial charge is 0.337 e. The fourth-order valence-electron chi connectivity index (χ4n) is 3.15. The Hall–Kier alpha value is -2.36. The summed E-state index contributed by atoms with van der Waals surface area (Å²) in [6.45, 7) is 0. The van der Waals surface area contributed by atoms with Crippen LogP contribution in [0.15, 0.2) is 53.5 Å². The van der Waals surface area contributed by atoms with Gasteiger partial charge in [-0.05, 0) is 36.8 Å². The van der Waals surface area contributed by atoms with E-state index in [1.54, 1.807) is 4.57 Å². The van der Waals surface area contributed by atoms with Crippen LogP contribution in [0.25, 0.3) is 0 Å². The lowest BCUT2D eigenvalue weighted by Crippen LogP contribution is -2.23. The molecule has 0 saturated heterocycles. The number of carbonyl (C=O) groups is 1. The lowest BCUT2D eigenvalue weighted by atomic mass is 9.97. The van der Waals surface area contributed by atoms with Crippen molar-refractivity contribution in [1.82, 2.24) is 4.57 Å². The number of aromatic nitrogens is 1. The van der Waals surface area contributed by atoms with E-state index in [4.69, 9.17) is 5.11 Å². The summed E-state index contributed by atoms with van der Waals surface area (Å²) in [5.74, 6) is -0.557. The number of hydrogen-bond donors (Lipinski definition) is 1. The predicted octanol–water partition coefficient (Wildman–Crippen LogP) is 3.06. The largest absolute Gasteiger partial charge is 0.478 e. The Morgan fingerprint density at radius 1 is 1.10 bits per heavy atom. The van der Waals surface area contributed by atoms with Gasteiger partial charge in [0.25, 0.3) is 5.56 Å². The molecule has 2 aromatic rings. The van der Waals surface area contributed by atoms with E-state index in [0.29, 0.717) is 5.92 Å². The Labute approximate surface area is 122 Å². The lowest BCUT2D eigenvalue weighted by molar-refractivity contribution is 0.0695. The second-order valence-electron chi connectivity index (χ2n) is 5.54. The van der Waals surface area contributed by atoms with E-state index in [1.165, 1.54) is 23.9 Å². The van der Waals surface area contributed by atoms with Gasteiger partial charge in [0.2, 0.25) is 0 Å². The highest BCUT2D eigenvalue weighted by atomic mass is 16.4. The van der Waals surface area contributed by atoms with Gasteiger partial charge in [-0.15, -0.1) is 0 Å². The quantitative estimate of drug-likeness (QED) is 0.941. The minimum atomic E-state index is -0.999. The van der Waals surface area contributed by atoms with E-state index in [1.807, 2.05) is 18.2 Å². The van der Waals surface area contributed by atoms with Crippen molar-refractivity contribution in [2.75, 3.05) is 0 Å². The van der Waals surface area contributed by atoms with Crippen LogP contribution in [0.4, 0.5) is 0 Å². The molecule has 0 unspecified atom stereocenters. The molecule has 3 rings (SSSR count). The molecule has 0 amide bonds.